The Kier molecular flexibility index (Phi) is 5.68. The van der Waals surface area contributed by atoms with Crippen molar-refractivity contribution < 1.29 is 14.0 Å². The number of hydrogen-bond acceptors (Lipinski definition) is 4. The maximum atomic E-state index is 13.1. The predicted molar refractivity (Wildman–Crippen MR) is 98.5 cm³/mol. The normalized spacial score (nSPS) is 10.7. The molecule has 0 saturated heterocycles. The van der Waals surface area contributed by atoms with E-state index in [1.807, 2.05) is 30.3 Å². The Morgan fingerprint density at radius 3 is 2.74 bits per heavy atom. The lowest BCUT2D eigenvalue weighted by Crippen LogP contribution is -2.34. The van der Waals surface area contributed by atoms with Crippen molar-refractivity contribution in [1.82, 2.24) is 20.9 Å². The fourth-order valence-corrected chi connectivity index (χ4v) is 2.34. The van der Waals surface area contributed by atoms with Gasteiger partial charge in [-0.15, -0.1) is 0 Å². The molecular weight excluding hydrogens is 349 g/mol. The third-order valence-corrected chi connectivity index (χ3v) is 3.62. The zero-order chi connectivity index (χ0) is 19.1. The lowest BCUT2D eigenvalue weighted by molar-refractivity contribution is -0.120. The molecule has 0 fully saturated rings. The molecule has 0 unspecified atom stereocenters. The summed E-state index contributed by atoms with van der Waals surface area (Å²) in [5.41, 5.74) is 4.86. The summed E-state index contributed by atoms with van der Waals surface area (Å²) in [6.45, 7) is -0.288. The molecule has 0 aliphatic rings. The molecule has 2 amide bonds. The van der Waals surface area contributed by atoms with Gasteiger partial charge in [0.25, 0.3) is 11.8 Å². The molecule has 0 saturated carbocycles. The summed E-state index contributed by atoms with van der Waals surface area (Å²) < 4.78 is 13.1. The molecule has 3 rings (SSSR count). The van der Waals surface area contributed by atoms with Gasteiger partial charge in [0.05, 0.1) is 24.7 Å². The fraction of sp³-hybridized carbons (Fsp3) is 0.0526. The van der Waals surface area contributed by atoms with E-state index in [1.54, 1.807) is 6.20 Å². The first-order valence-electron chi connectivity index (χ1n) is 8.08. The van der Waals surface area contributed by atoms with Gasteiger partial charge in [-0.05, 0) is 18.2 Å². The number of rotatable bonds is 6. The molecule has 0 aliphatic heterocycles. The number of aromatic nitrogens is 2. The number of nitrogens with one attached hydrogen (secondary N) is 3. The van der Waals surface area contributed by atoms with E-state index in [1.165, 1.54) is 24.4 Å². The van der Waals surface area contributed by atoms with Gasteiger partial charge in [-0.25, -0.2) is 9.82 Å². The van der Waals surface area contributed by atoms with Gasteiger partial charge in [-0.2, -0.15) is 10.2 Å². The van der Waals surface area contributed by atoms with E-state index in [0.717, 1.165) is 17.3 Å². The van der Waals surface area contributed by atoms with Gasteiger partial charge in [0.15, 0.2) is 0 Å². The van der Waals surface area contributed by atoms with Crippen LogP contribution in [-0.4, -0.2) is 34.8 Å². The SMILES string of the molecule is O=C(CNC(=O)c1cccc(F)c1)N/N=C\c1cn[nH]c1-c1ccccc1. The van der Waals surface area contributed by atoms with E-state index in [2.05, 4.69) is 26.0 Å². The third-order valence-electron chi connectivity index (χ3n) is 3.62. The Labute approximate surface area is 154 Å². The molecule has 1 aromatic heterocycles. The summed E-state index contributed by atoms with van der Waals surface area (Å²) in [7, 11) is 0. The highest BCUT2D eigenvalue weighted by Gasteiger charge is 2.09. The van der Waals surface area contributed by atoms with Crippen LogP contribution >= 0.6 is 0 Å². The summed E-state index contributed by atoms with van der Waals surface area (Å²) in [5, 5.41) is 13.1. The van der Waals surface area contributed by atoms with Crippen LogP contribution in [0.3, 0.4) is 0 Å². The first-order valence-corrected chi connectivity index (χ1v) is 8.08. The largest absolute Gasteiger partial charge is 0.343 e. The average molecular weight is 365 g/mol. The molecule has 0 bridgehead atoms. The van der Waals surface area contributed by atoms with Crippen LogP contribution in [0.1, 0.15) is 15.9 Å². The number of benzene rings is 2. The lowest BCUT2D eigenvalue weighted by atomic mass is 10.1. The van der Waals surface area contributed by atoms with Crippen molar-refractivity contribution in [3.63, 3.8) is 0 Å². The second kappa shape index (κ2) is 8.52. The minimum Gasteiger partial charge on any atom is -0.343 e. The van der Waals surface area contributed by atoms with Gasteiger partial charge >= 0.3 is 0 Å². The zero-order valence-corrected chi connectivity index (χ0v) is 14.1. The molecule has 0 spiro atoms. The van der Waals surface area contributed by atoms with E-state index in [-0.39, 0.29) is 12.1 Å². The van der Waals surface area contributed by atoms with Gasteiger partial charge in [0.2, 0.25) is 0 Å². The minimum absolute atomic E-state index is 0.136. The van der Waals surface area contributed by atoms with Crippen molar-refractivity contribution in [2.45, 2.75) is 0 Å². The highest BCUT2D eigenvalue weighted by molar-refractivity contribution is 5.96. The monoisotopic (exact) mass is 365 g/mol. The maximum absolute atomic E-state index is 13.1. The van der Waals surface area contributed by atoms with Crippen LogP contribution in [0.25, 0.3) is 11.3 Å². The van der Waals surface area contributed by atoms with Crippen molar-refractivity contribution in [2.75, 3.05) is 6.54 Å². The van der Waals surface area contributed by atoms with Gasteiger partial charge < -0.3 is 5.32 Å². The lowest BCUT2D eigenvalue weighted by Gasteiger charge is -2.04. The van der Waals surface area contributed by atoms with Crippen LogP contribution in [0.15, 0.2) is 65.9 Å². The number of hydrazone groups is 1. The number of amides is 2. The topological polar surface area (TPSA) is 99.2 Å². The Bertz CT molecular complexity index is 969. The first-order chi connectivity index (χ1) is 13.1. The molecular formula is C19H16FN5O2. The number of H-pyrrole nitrogens is 1. The molecule has 2 aromatic carbocycles. The van der Waals surface area contributed by atoms with E-state index < -0.39 is 17.6 Å². The highest BCUT2D eigenvalue weighted by atomic mass is 19.1. The minimum atomic E-state index is -0.546. The molecule has 136 valence electrons. The number of carbonyl (C=O) groups is 2. The summed E-state index contributed by atoms with van der Waals surface area (Å²) in [5.74, 6) is -1.58. The smallest absolute Gasteiger partial charge is 0.259 e. The van der Waals surface area contributed by atoms with Gasteiger partial charge in [0.1, 0.15) is 5.82 Å². The predicted octanol–water partition coefficient (Wildman–Crippen LogP) is 2.10. The van der Waals surface area contributed by atoms with Gasteiger partial charge in [-0.3, -0.25) is 14.7 Å². The van der Waals surface area contributed by atoms with Crippen LogP contribution in [0.2, 0.25) is 0 Å². The van der Waals surface area contributed by atoms with Gasteiger partial charge in [0, 0.05) is 16.7 Å². The number of halogens is 1. The van der Waals surface area contributed by atoms with Crippen molar-refractivity contribution in [3.8, 4) is 11.3 Å². The number of carbonyl (C=O) groups excluding carboxylic acids is 2. The van der Waals surface area contributed by atoms with Crippen molar-refractivity contribution in [2.24, 2.45) is 5.10 Å². The average Bonchev–Trinajstić information content (AvgIpc) is 3.15. The molecule has 7 nitrogen and oxygen atoms in total. The Morgan fingerprint density at radius 1 is 1.15 bits per heavy atom. The molecule has 8 heteroatoms. The molecule has 1 heterocycles. The summed E-state index contributed by atoms with van der Waals surface area (Å²) in [6.07, 6.45) is 3.04. The van der Waals surface area contributed by atoms with Crippen LogP contribution in [-0.2, 0) is 4.79 Å². The van der Waals surface area contributed by atoms with Crippen molar-refractivity contribution in [1.29, 1.82) is 0 Å². The summed E-state index contributed by atoms with van der Waals surface area (Å²) in [4.78, 5) is 23.6. The first kappa shape index (κ1) is 18.0. The van der Waals surface area contributed by atoms with Crippen molar-refractivity contribution in [3.05, 3.63) is 77.7 Å². The number of aromatic amines is 1. The van der Waals surface area contributed by atoms with E-state index in [9.17, 15) is 14.0 Å². The maximum Gasteiger partial charge on any atom is 0.259 e. The van der Waals surface area contributed by atoms with E-state index >= 15 is 0 Å². The van der Waals surface area contributed by atoms with E-state index in [4.69, 9.17) is 0 Å². The van der Waals surface area contributed by atoms with Crippen LogP contribution in [0, 0.1) is 5.82 Å². The molecule has 0 aliphatic carbocycles. The summed E-state index contributed by atoms with van der Waals surface area (Å²) >= 11 is 0. The second-order valence-corrected chi connectivity index (χ2v) is 5.55. The van der Waals surface area contributed by atoms with Crippen LogP contribution < -0.4 is 10.7 Å². The highest BCUT2D eigenvalue weighted by Crippen LogP contribution is 2.18. The Hall–Kier alpha value is -3.81. The Morgan fingerprint density at radius 2 is 1.96 bits per heavy atom. The molecule has 3 aromatic rings. The quantitative estimate of drug-likeness (QED) is 0.461. The van der Waals surface area contributed by atoms with Crippen LogP contribution in [0.5, 0.6) is 0 Å². The standard InChI is InChI=1S/C19H16FN5O2/c20-16-8-4-7-14(9-16)19(27)21-12-17(26)24-22-10-15-11-23-25-18(15)13-5-2-1-3-6-13/h1-11H,12H2,(H,21,27)(H,23,25)(H,24,26)/b22-10-. The molecule has 0 radical (unpaired) electrons. The van der Waals surface area contributed by atoms with Crippen molar-refractivity contribution >= 4 is 18.0 Å². The molecule has 3 N–H and O–H groups in total. The Balaban J connectivity index is 1.53. The number of nitrogens with zero attached hydrogens (tertiary/aromatic N) is 2. The summed E-state index contributed by atoms with van der Waals surface area (Å²) in [6, 6.07) is 14.8. The zero-order valence-electron chi connectivity index (χ0n) is 14.1. The van der Waals surface area contributed by atoms with Gasteiger partial charge in [-0.1, -0.05) is 36.4 Å². The van der Waals surface area contributed by atoms with Crippen LogP contribution in [0.4, 0.5) is 4.39 Å². The molecule has 0 atom stereocenters. The molecule has 27 heavy (non-hydrogen) atoms. The van der Waals surface area contributed by atoms with E-state index in [0.29, 0.717) is 5.56 Å². The number of hydrogen-bond donors (Lipinski definition) is 3. The second-order valence-electron chi connectivity index (χ2n) is 5.55. The third kappa shape index (κ3) is 4.85. The fourth-order valence-electron chi connectivity index (χ4n) is 2.34.